The van der Waals surface area contributed by atoms with Crippen LogP contribution in [0.25, 0.3) is 0 Å². The number of rotatable bonds is 2. The molecular weight excluding hydrogens is 238 g/mol. The molecule has 0 amide bonds. The molecule has 1 aliphatic rings. The summed E-state index contributed by atoms with van der Waals surface area (Å²) in [5.41, 5.74) is 0.993. The summed E-state index contributed by atoms with van der Waals surface area (Å²) in [6.45, 7) is 3.40. The summed E-state index contributed by atoms with van der Waals surface area (Å²) in [5, 5.41) is 3.98. The molecule has 0 aromatic rings. The van der Waals surface area contributed by atoms with Crippen molar-refractivity contribution in [2.24, 2.45) is 11.1 Å². The molecule has 0 atom stereocenters. The van der Waals surface area contributed by atoms with E-state index in [4.69, 9.17) is 4.84 Å². The van der Waals surface area contributed by atoms with Crippen molar-refractivity contribution in [3.8, 4) is 0 Å². The molecule has 0 bridgehead atoms. The highest BCUT2D eigenvalue weighted by Gasteiger charge is 2.13. The van der Waals surface area contributed by atoms with Crippen LogP contribution in [0.15, 0.2) is 5.16 Å². The van der Waals surface area contributed by atoms with Gasteiger partial charge in [0.25, 0.3) is 0 Å². The summed E-state index contributed by atoms with van der Waals surface area (Å²) in [4.78, 5) is 15.6. The maximum atomic E-state index is 10.8. The van der Waals surface area contributed by atoms with E-state index in [0.29, 0.717) is 5.92 Å². The van der Waals surface area contributed by atoms with Gasteiger partial charge in [0.05, 0.1) is 5.71 Å². The highest BCUT2D eigenvalue weighted by Crippen LogP contribution is 2.22. The zero-order valence-electron chi connectivity index (χ0n) is 12.6. The standard InChI is InChI=1S/C16H29NO2/c1-14(17-19-15(2)18)16-12-10-8-6-4-3-5-7-9-11-13-16/h16H,3-13H2,1-2H3/b17-14+. The number of nitrogens with zero attached hydrogens (tertiary/aromatic N) is 1. The van der Waals surface area contributed by atoms with E-state index >= 15 is 0 Å². The highest BCUT2D eigenvalue weighted by molar-refractivity contribution is 5.84. The largest absolute Gasteiger partial charge is 0.331 e. The van der Waals surface area contributed by atoms with E-state index in [1.807, 2.05) is 6.92 Å². The molecule has 1 fully saturated rings. The zero-order chi connectivity index (χ0) is 13.9. The SMILES string of the molecule is CC(=O)O/N=C(\C)C1CCCCCCCCCCC1. The Balaban J connectivity index is 2.45. The second-order valence-electron chi connectivity index (χ2n) is 5.77. The van der Waals surface area contributed by atoms with Crippen LogP contribution >= 0.6 is 0 Å². The van der Waals surface area contributed by atoms with Crippen molar-refractivity contribution in [2.45, 2.75) is 84.5 Å². The normalized spacial score (nSPS) is 21.3. The van der Waals surface area contributed by atoms with E-state index in [1.54, 1.807) is 0 Å². The van der Waals surface area contributed by atoms with Crippen LogP contribution in [0.3, 0.4) is 0 Å². The number of hydrogen-bond donors (Lipinski definition) is 0. The fourth-order valence-electron chi connectivity index (χ4n) is 2.79. The first kappa shape index (κ1) is 16.2. The maximum absolute atomic E-state index is 10.8. The van der Waals surface area contributed by atoms with Crippen molar-refractivity contribution in [1.29, 1.82) is 0 Å². The summed E-state index contributed by atoms with van der Waals surface area (Å²) in [6.07, 6.45) is 14.5. The number of carbonyl (C=O) groups is 1. The molecule has 19 heavy (non-hydrogen) atoms. The first-order valence-corrected chi connectivity index (χ1v) is 7.92. The second-order valence-corrected chi connectivity index (χ2v) is 5.77. The Morgan fingerprint density at radius 1 is 0.842 bits per heavy atom. The Kier molecular flexibility index (Phi) is 8.52. The molecule has 0 heterocycles. The second kappa shape index (κ2) is 9.99. The number of carbonyl (C=O) groups excluding carboxylic acids is 1. The Bertz CT molecular complexity index is 274. The average Bonchev–Trinajstić information content (AvgIpc) is 2.36. The van der Waals surface area contributed by atoms with E-state index in [9.17, 15) is 4.79 Å². The zero-order valence-corrected chi connectivity index (χ0v) is 12.6. The van der Waals surface area contributed by atoms with Crippen LogP contribution in [-0.4, -0.2) is 11.7 Å². The van der Waals surface area contributed by atoms with Crippen LogP contribution in [0.4, 0.5) is 0 Å². The van der Waals surface area contributed by atoms with Gasteiger partial charge in [-0.1, -0.05) is 62.9 Å². The van der Waals surface area contributed by atoms with Crippen LogP contribution in [0.2, 0.25) is 0 Å². The molecular formula is C16H29NO2. The third kappa shape index (κ3) is 8.02. The van der Waals surface area contributed by atoms with Gasteiger partial charge in [-0.25, -0.2) is 4.79 Å². The van der Waals surface area contributed by atoms with E-state index in [0.717, 1.165) is 5.71 Å². The topological polar surface area (TPSA) is 38.7 Å². The van der Waals surface area contributed by atoms with Gasteiger partial charge in [-0.05, 0) is 19.8 Å². The van der Waals surface area contributed by atoms with Gasteiger partial charge in [-0.15, -0.1) is 0 Å². The van der Waals surface area contributed by atoms with Crippen LogP contribution in [-0.2, 0) is 9.63 Å². The minimum Gasteiger partial charge on any atom is -0.319 e. The summed E-state index contributed by atoms with van der Waals surface area (Å²) in [6, 6.07) is 0. The Hall–Kier alpha value is -0.860. The minimum absolute atomic E-state index is 0.326. The molecule has 1 aliphatic carbocycles. The van der Waals surface area contributed by atoms with Gasteiger partial charge >= 0.3 is 5.97 Å². The lowest BCUT2D eigenvalue weighted by molar-refractivity contribution is -0.141. The van der Waals surface area contributed by atoms with Crippen molar-refractivity contribution in [1.82, 2.24) is 0 Å². The fourth-order valence-corrected chi connectivity index (χ4v) is 2.79. The van der Waals surface area contributed by atoms with Gasteiger partial charge in [0.15, 0.2) is 0 Å². The molecule has 0 aromatic heterocycles. The monoisotopic (exact) mass is 267 g/mol. The molecule has 1 saturated carbocycles. The Morgan fingerprint density at radius 3 is 1.68 bits per heavy atom. The molecule has 0 aromatic carbocycles. The summed E-state index contributed by atoms with van der Waals surface area (Å²) >= 11 is 0. The van der Waals surface area contributed by atoms with Gasteiger partial charge in [-0.2, -0.15) is 0 Å². The first-order chi connectivity index (χ1) is 9.20. The lowest BCUT2D eigenvalue weighted by atomic mass is 9.90. The van der Waals surface area contributed by atoms with Gasteiger partial charge in [0.1, 0.15) is 0 Å². The first-order valence-electron chi connectivity index (χ1n) is 7.92. The van der Waals surface area contributed by atoms with Gasteiger partial charge in [0, 0.05) is 12.8 Å². The maximum Gasteiger partial charge on any atom is 0.331 e. The molecule has 0 unspecified atom stereocenters. The van der Waals surface area contributed by atoms with Gasteiger partial charge < -0.3 is 4.84 Å². The number of oxime groups is 1. The molecule has 110 valence electrons. The van der Waals surface area contributed by atoms with E-state index in [2.05, 4.69) is 5.16 Å². The van der Waals surface area contributed by atoms with Crippen molar-refractivity contribution >= 4 is 11.7 Å². The minimum atomic E-state index is -0.326. The van der Waals surface area contributed by atoms with E-state index in [1.165, 1.54) is 77.6 Å². The molecule has 0 saturated heterocycles. The van der Waals surface area contributed by atoms with Crippen LogP contribution in [0.5, 0.6) is 0 Å². The molecule has 1 rings (SSSR count). The fraction of sp³-hybridized carbons (Fsp3) is 0.875. The van der Waals surface area contributed by atoms with Gasteiger partial charge in [-0.3, -0.25) is 0 Å². The molecule has 3 heteroatoms. The highest BCUT2D eigenvalue weighted by atomic mass is 16.7. The summed E-state index contributed by atoms with van der Waals surface area (Å²) in [5.74, 6) is 0.172. The smallest absolute Gasteiger partial charge is 0.319 e. The van der Waals surface area contributed by atoms with E-state index in [-0.39, 0.29) is 5.97 Å². The lowest BCUT2D eigenvalue weighted by Gasteiger charge is -2.17. The van der Waals surface area contributed by atoms with E-state index < -0.39 is 0 Å². The number of hydrogen-bond acceptors (Lipinski definition) is 3. The van der Waals surface area contributed by atoms with Crippen LogP contribution in [0, 0.1) is 5.92 Å². The van der Waals surface area contributed by atoms with Gasteiger partial charge in [0.2, 0.25) is 0 Å². The summed E-state index contributed by atoms with van der Waals surface area (Å²) in [7, 11) is 0. The summed E-state index contributed by atoms with van der Waals surface area (Å²) < 4.78 is 0. The van der Waals surface area contributed by atoms with Crippen molar-refractivity contribution in [2.75, 3.05) is 0 Å². The Morgan fingerprint density at radius 2 is 1.26 bits per heavy atom. The van der Waals surface area contributed by atoms with Crippen molar-refractivity contribution in [3.63, 3.8) is 0 Å². The van der Waals surface area contributed by atoms with Crippen LogP contribution in [0.1, 0.15) is 84.5 Å². The molecule has 0 N–H and O–H groups in total. The van der Waals surface area contributed by atoms with Crippen molar-refractivity contribution < 1.29 is 9.63 Å². The Labute approximate surface area is 117 Å². The molecule has 0 spiro atoms. The predicted molar refractivity (Wildman–Crippen MR) is 79.2 cm³/mol. The quantitative estimate of drug-likeness (QED) is 0.407. The molecule has 0 radical (unpaired) electrons. The lowest BCUT2D eigenvalue weighted by Crippen LogP contribution is -2.13. The van der Waals surface area contributed by atoms with Crippen molar-refractivity contribution in [3.05, 3.63) is 0 Å². The van der Waals surface area contributed by atoms with Crippen LogP contribution < -0.4 is 0 Å². The third-order valence-corrected chi connectivity index (χ3v) is 4.01. The molecule has 0 aliphatic heterocycles. The predicted octanol–water partition coefficient (Wildman–Crippen LogP) is 4.85. The average molecular weight is 267 g/mol. The molecule has 3 nitrogen and oxygen atoms in total. The third-order valence-electron chi connectivity index (χ3n) is 4.01.